The van der Waals surface area contributed by atoms with Crippen LogP contribution < -0.4 is 5.56 Å². The zero-order chi connectivity index (χ0) is 14.3. The normalized spacial score (nSPS) is 10.9. The maximum atomic E-state index is 12.2. The van der Waals surface area contributed by atoms with Gasteiger partial charge in [-0.3, -0.25) is 9.36 Å². The minimum absolute atomic E-state index is 0.141. The van der Waals surface area contributed by atoms with Gasteiger partial charge in [-0.15, -0.1) is 0 Å². The van der Waals surface area contributed by atoms with E-state index in [1.165, 1.54) is 4.57 Å². The molecule has 0 saturated carbocycles. The van der Waals surface area contributed by atoms with Crippen molar-refractivity contribution in [2.75, 3.05) is 0 Å². The lowest BCUT2D eigenvalue weighted by molar-refractivity contribution is 0.480. The van der Waals surface area contributed by atoms with Crippen LogP contribution in [-0.4, -0.2) is 14.7 Å². The van der Waals surface area contributed by atoms with E-state index in [2.05, 4.69) is 4.98 Å². The third-order valence-corrected chi connectivity index (χ3v) is 3.43. The predicted molar refractivity (Wildman–Crippen MR) is 79.0 cm³/mol. The molecule has 3 aromatic rings. The van der Waals surface area contributed by atoms with E-state index >= 15 is 0 Å². The van der Waals surface area contributed by atoms with Crippen LogP contribution in [0.25, 0.3) is 16.7 Å². The number of halogens is 2. The van der Waals surface area contributed by atoms with Gasteiger partial charge in [0, 0.05) is 6.07 Å². The molecule has 0 aliphatic carbocycles. The summed E-state index contributed by atoms with van der Waals surface area (Å²) in [6.45, 7) is 0. The molecular weight excluding hydrogens is 299 g/mol. The molecule has 6 heteroatoms. The molecular formula is C14H8Cl2N2O2. The molecule has 100 valence electrons. The molecule has 1 N–H and O–H groups in total. The van der Waals surface area contributed by atoms with Crippen LogP contribution in [0, 0.1) is 0 Å². The number of nitrogens with zero attached hydrogens (tertiary/aromatic N) is 2. The topological polar surface area (TPSA) is 55.1 Å². The molecule has 3 rings (SSSR count). The molecule has 4 nitrogen and oxygen atoms in total. The molecule has 1 aromatic carbocycles. The second-order valence-electron chi connectivity index (χ2n) is 4.16. The van der Waals surface area contributed by atoms with Crippen LogP contribution in [0.1, 0.15) is 0 Å². The summed E-state index contributed by atoms with van der Waals surface area (Å²) < 4.78 is 1.32. The second-order valence-corrected chi connectivity index (χ2v) is 4.95. The Morgan fingerprint density at radius 2 is 1.85 bits per heavy atom. The highest BCUT2D eigenvalue weighted by atomic mass is 35.5. The highest BCUT2D eigenvalue weighted by Gasteiger charge is 2.13. The van der Waals surface area contributed by atoms with Crippen LogP contribution in [0.5, 0.6) is 5.75 Å². The van der Waals surface area contributed by atoms with Crippen LogP contribution in [0.15, 0.2) is 47.3 Å². The molecule has 2 aromatic heterocycles. The fourth-order valence-corrected chi connectivity index (χ4v) is 2.39. The van der Waals surface area contributed by atoms with Crippen molar-refractivity contribution in [3.8, 4) is 11.4 Å². The number of aromatic hydroxyl groups is 1. The number of hydrogen-bond donors (Lipinski definition) is 1. The first kappa shape index (κ1) is 13.0. The lowest BCUT2D eigenvalue weighted by atomic mass is 10.2. The van der Waals surface area contributed by atoms with Crippen LogP contribution in [-0.2, 0) is 0 Å². The van der Waals surface area contributed by atoms with Crippen LogP contribution in [0.2, 0.25) is 10.2 Å². The molecule has 20 heavy (non-hydrogen) atoms. The molecule has 0 aliphatic rings. The lowest BCUT2D eigenvalue weighted by Gasteiger charge is -2.11. The van der Waals surface area contributed by atoms with Crippen LogP contribution in [0.4, 0.5) is 0 Å². The Hall–Kier alpha value is -2.04. The average Bonchev–Trinajstić information content (AvgIpc) is 2.40. The van der Waals surface area contributed by atoms with Crippen LogP contribution in [0.3, 0.4) is 0 Å². The Morgan fingerprint density at radius 3 is 2.60 bits per heavy atom. The summed E-state index contributed by atoms with van der Waals surface area (Å²) in [6.07, 6.45) is 0. The molecule has 0 atom stereocenters. The largest absolute Gasteiger partial charge is 0.507 e. The van der Waals surface area contributed by atoms with Crippen molar-refractivity contribution in [3.05, 3.63) is 63.0 Å². The van der Waals surface area contributed by atoms with E-state index in [9.17, 15) is 9.90 Å². The summed E-state index contributed by atoms with van der Waals surface area (Å²) in [4.78, 5) is 16.3. The Labute approximate surface area is 123 Å². The van der Waals surface area contributed by atoms with Gasteiger partial charge in [-0.1, -0.05) is 35.3 Å². The molecule has 0 spiro atoms. The van der Waals surface area contributed by atoms with Gasteiger partial charge in [0.15, 0.2) is 5.65 Å². The Bertz CT molecular complexity index is 875. The summed E-state index contributed by atoms with van der Waals surface area (Å²) in [5, 5.41) is 10.9. The first-order chi connectivity index (χ1) is 9.58. The van der Waals surface area contributed by atoms with Crippen molar-refractivity contribution in [1.82, 2.24) is 9.55 Å². The van der Waals surface area contributed by atoms with Gasteiger partial charge in [0.25, 0.3) is 5.56 Å². The van der Waals surface area contributed by atoms with Crippen molar-refractivity contribution in [2.45, 2.75) is 0 Å². The summed E-state index contributed by atoms with van der Waals surface area (Å²) in [6, 6.07) is 11.2. The van der Waals surface area contributed by atoms with Gasteiger partial charge in [-0.2, -0.15) is 0 Å². The van der Waals surface area contributed by atoms with Crippen molar-refractivity contribution >= 4 is 34.2 Å². The second kappa shape index (κ2) is 4.81. The maximum Gasteiger partial charge on any atom is 0.260 e. The van der Waals surface area contributed by atoms with Crippen molar-refractivity contribution in [3.63, 3.8) is 0 Å². The summed E-state index contributed by atoms with van der Waals surface area (Å²) in [5.41, 5.74) is 0.312. The highest BCUT2D eigenvalue weighted by molar-refractivity contribution is 6.32. The number of aromatic nitrogens is 2. The number of para-hydroxylation sites is 1. The van der Waals surface area contributed by atoms with Crippen molar-refractivity contribution in [2.24, 2.45) is 0 Å². The molecule has 0 aliphatic heterocycles. The Balaban J connectivity index is 2.50. The van der Waals surface area contributed by atoms with E-state index in [4.69, 9.17) is 23.2 Å². The molecule has 0 bridgehead atoms. The zero-order valence-corrected chi connectivity index (χ0v) is 11.6. The van der Waals surface area contributed by atoms with E-state index < -0.39 is 5.56 Å². The monoisotopic (exact) mass is 306 g/mol. The van der Waals surface area contributed by atoms with Gasteiger partial charge in [0.1, 0.15) is 10.9 Å². The molecule has 0 saturated heterocycles. The first-order valence-corrected chi connectivity index (χ1v) is 6.50. The number of pyridine rings is 2. The number of benzene rings is 1. The average molecular weight is 307 g/mol. The minimum Gasteiger partial charge on any atom is -0.507 e. The van der Waals surface area contributed by atoms with Gasteiger partial charge < -0.3 is 5.11 Å². The van der Waals surface area contributed by atoms with Gasteiger partial charge in [0.05, 0.1) is 16.1 Å². The van der Waals surface area contributed by atoms with Gasteiger partial charge in [-0.25, -0.2) is 4.98 Å². The predicted octanol–water partition coefficient (Wildman–Crippen LogP) is 3.40. The van der Waals surface area contributed by atoms with Gasteiger partial charge in [0.2, 0.25) is 0 Å². The van der Waals surface area contributed by atoms with Gasteiger partial charge in [-0.05, 0) is 24.3 Å². The van der Waals surface area contributed by atoms with E-state index in [-0.39, 0.29) is 16.5 Å². The van der Waals surface area contributed by atoms with Gasteiger partial charge >= 0.3 is 0 Å². The number of rotatable bonds is 1. The smallest absolute Gasteiger partial charge is 0.260 e. The third-order valence-electron chi connectivity index (χ3n) is 2.90. The fourth-order valence-electron chi connectivity index (χ4n) is 2.03. The third kappa shape index (κ3) is 2.03. The van der Waals surface area contributed by atoms with Crippen molar-refractivity contribution in [1.29, 1.82) is 0 Å². The van der Waals surface area contributed by atoms with Crippen LogP contribution >= 0.6 is 23.2 Å². The first-order valence-electron chi connectivity index (χ1n) is 5.74. The van der Waals surface area contributed by atoms with E-state index in [1.807, 2.05) is 0 Å². The summed E-state index contributed by atoms with van der Waals surface area (Å²) in [7, 11) is 0. The SMILES string of the molecule is O=c1cc(O)c2ccc(Cl)nc2n1-c1ccccc1Cl. The molecule has 2 heterocycles. The quantitative estimate of drug-likeness (QED) is 0.701. The molecule has 0 amide bonds. The fraction of sp³-hybridized carbons (Fsp3) is 0. The number of hydrogen-bond acceptors (Lipinski definition) is 3. The molecule has 0 fully saturated rings. The maximum absolute atomic E-state index is 12.2. The Morgan fingerprint density at radius 1 is 1.10 bits per heavy atom. The van der Waals surface area contributed by atoms with E-state index in [1.54, 1.807) is 36.4 Å². The molecule has 0 unspecified atom stereocenters. The minimum atomic E-state index is -0.433. The van der Waals surface area contributed by atoms with E-state index in [0.717, 1.165) is 6.07 Å². The summed E-state index contributed by atoms with van der Waals surface area (Å²) in [5.74, 6) is -0.141. The van der Waals surface area contributed by atoms with Crippen molar-refractivity contribution < 1.29 is 5.11 Å². The highest BCUT2D eigenvalue weighted by Crippen LogP contribution is 2.27. The summed E-state index contributed by atoms with van der Waals surface area (Å²) >= 11 is 12.0. The molecule has 0 radical (unpaired) electrons. The lowest BCUT2D eigenvalue weighted by Crippen LogP contribution is -2.18. The Kier molecular flexibility index (Phi) is 3.12. The number of fused-ring (bicyclic) bond motifs is 1. The zero-order valence-electron chi connectivity index (χ0n) is 10.0. The standard InChI is InChI=1S/C14H8Cl2N2O2/c15-9-3-1-2-4-10(9)18-13(20)7-11(19)8-5-6-12(16)17-14(8)18/h1-7,19H. The van der Waals surface area contributed by atoms with E-state index in [0.29, 0.717) is 16.1 Å².